The number of rotatable bonds is 3. The number of amides is 2. The summed E-state index contributed by atoms with van der Waals surface area (Å²) in [5.41, 5.74) is 0.611. The highest BCUT2D eigenvalue weighted by Gasteiger charge is 2.41. The van der Waals surface area contributed by atoms with Crippen LogP contribution >= 0.6 is 11.5 Å². The average Bonchev–Trinajstić information content (AvgIpc) is 3.20. The minimum Gasteiger partial charge on any atom is -0.316 e. The van der Waals surface area contributed by atoms with Gasteiger partial charge in [0.1, 0.15) is 4.88 Å². The van der Waals surface area contributed by atoms with Crippen LogP contribution in [0.3, 0.4) is 0 Å². The molecule has 108 valence electrons. The molecule has 1 unspecified atom stereocenters. The number of hydrogen-bond acceptors (Lipinski definition) is 6. The van der Waals surface area contributed by atoms with Crippen LogP contribution in [0.25, 0.3) is 0 Å². The molecular weight excluding hydrogens is 276 g/mol. The normalized spacial score (nSPS) is 22.6. The van der Waals surface area contributed by atoms with Crippen molar-refractivity contribution in [3.8, 4) is 0 Å². The number of imide groups is 1. The van der Waals surface area contributed by atoms with Crippen LogP contribution in [0.2, 0.25) is 0 Å². The Morgan fingerprint density at radius 2 is 2.15 bits per heavy atom. The first kappa shape index (κ1) is 13.6. The number of aromatic nitrogens is 2. The van der Waals surface area contributed by atoms with Crippen LogP contribution in [0, 0.1) is 12.8 Å². The van der Waals surface area contributed by atoms with Crippen LogP contribution in [0.5, 0.6) is 0 Å². The second-order valence-electron chi connectivity index (χ2n) is 5.48. The number of nitrogens with zero attached hydrogens (tertiary/aromatic N) is 3. The maximum atomic E-state index is 12.7. The van der Waals surface area contributed by atoms with Crippen LogP contribution in [-0.2, 0) is 4.79 Å². The summed E-state index contributed by atoms with van der Waals surface area (Å²) in [6.45, 7) is 3.39. The van der Waals surface area contributed by atoms with E-state index >= 15 is 0 Å². The highest BCUT2D eigenvalue weighted by Crippen LogP contribution is 2.31. The largest absolute Gasteiger partial charge is 0.316 e. The lowest BCUT2D eigenvalue weighted by Crippen LogP contribution is -2.46. The first-order chi connectivity index (χ1) is 9.68. The molecule has 2 heterocycles. The van der Waals surface area contributed by atoms with E-state index in [0.29, 0.717) is 17.1 Å². The highest BCUT2D eigenvalue weighted by atomic mass is 32.1. The van der Waals surface area contributed by atoms with E-state index in [4.69, 9.17) is 0 Å². The van der Waals surface area contributed by atoms with Crippen molar-refractivity contribution in [1.29, 1.82) is 0 Å². The lowest BCUT2D eigenvalue weighted by Gasteiger charge is -2.28. The van der Waals surface area contributed by atoms with Crippen molar-refractivity contribution in [3.63, 3.8) is 0 Å². The monoisotopic (exact) mass is 294 g/mol. The Kier molecular flexibility index (Phi) is 3.80. The van der Waals surface area contributed by atoms with Crippen molar-refractivity contribution in [2.24, 2.45) is 5.92 Å². The molecule has 7 heteroatoms. The van der Waals surface area contributed by atoms with Gasteiger partial charge in [-0.25, -0.2) is 0 Å². The molecule has 1 aromatic heterocycles. The van der Waals surface area contributed by atoms with Gasteiger partial charge in [0.15, 0.2) is 0 Å². The van der Waals surface area contributed by atoms with Crippen LogP contribution < -0.4 is 5.32 Å². The second-order valence-corrected chi connectivity index (χ2v) is 6.23. The van der Waals surface area contributed by atoms with Gasteiger partial charge in [-0.1, -0.05) is 4.49 Å². The summed E-state index contributed by atoms with van der Waals surface area (Å²) in [6.07, 6.45) is 3.69. The van der Waals surface area contributed by atoms with Gasteiger partial charge in [0.25, 0.3) is 5.91 Å². The van der Waals surface area contributed by atoms with Gasteiger partial charge in [-0.2, -0.15) is 0 Å². The molecule has 3 rings (SSSR count). The third-order valence-electron chi connectivity index (χ3n) is 3.86. The van der Waals surface area contributed by atoms with Crippen molar-refractivity contribution < 1.29 is 9.59 Å². The van der Waals surface area contributed by atoms with Crippen LogP contribution in [0.4, 0.5) is 0 Å². The summed E-state index contributed by atoms with van der Waals surface area (Å²) in [7, 11) is 0. The van der Waals surface area contributed by atoms with Crippen molar-refractivity contribution in [3.05, 3.63) is 10.6 Å². The Bertz CT molecular complexity index is 520. The highest BCUT2D eigenvalue weighted by molar-refractivity contribution is 7.08. The maximum Gasteiger partial charge on any atom is 0.274 e. The van der Waals surface area contributed by atoms with Gasteiger partial charge < -0.3 is 5.32 Å². The van der Waals surface area contributed by atoms with E-state index in [1.54, 1.807) is 6.92 Å². The van der Waals surface area contributed by atoms with Gasteiger partial charge in [-0.3, -0.25) is 14.5 Å². The fourth-order valence-corrected chi connectivity index (χ4v) is 3.17. The van der Waals surface area contributed by atoms with E-state index < -0.39 is 0 Å². The molecule has 2 aliphatic rings. The topological polar surface area (TPSA) is 75.2 Å². The molecule has 20 heavy (non-hydrogen) atoms. The Morgan fingerprint density at radius 3 is 2.70 bits per heavy atom. The summed E-state index contributed by atoms with van der Waals surface area (Å²) < 4.78 is 3.80. The molecule has 0 aromatic carbocycles. The third kappa shape index (κ3) is 2.60. The fraction of sp³-hybridized carbons (Fsp3) is 0.692. The van der Waals surface area contributed by atoms with Crippen LogP contribution in [-0.4, -0.2) is 45.4 Å². The van der Waals surface area contributed by atoms with Gasteiger partial charge >= 0.3 is 0 Å². The van der Waals surface area contributed by atoms with Gasteiger partial charge in [0.2, 0.25) is 5.91 Å². The zero-order chi connectivity index (χ0) is 14.1. The first-order valence-corrected chi connectivity index (χ1v) is 7.83. The zero-order valence-electron chi connectivity index (χ0n) is 11.5. The lowest BCUT2D eigenvalue weighted by atomic mass is 9.98. The number of hydrogen-bond donors (Lipinski definition) is 1. The molecule has 0 radical (unpaired) electrons. The minimum atomic E-state index is -0.212. The molecule has 2 fully saturated rings. The molecule has 1 atom stereocenters. The zero-order valence-corrected chi connectivity index (χ0v) is 12.3. The summed E-state index contributed by atoms with van der Waals surface area (Å²) in [5.74, 6) is -0.317. The number of carbonyl (C=O) groups excluding carboxylic acids is 2. The quantitative estimate of drug-likeness (QED) is 0.841. The SMILES string of the molecule is Cc1nnsc1C(=O)N(C(=O)C1CCCNC1)C1CC1. The van der Waals surface area contributed by atoms with Crippen molar-refractivity contribution in [1.82, 2.24) is 19.8 Å². The van der Waals surface area contributed by atoms with Gasteiger partial charge in [-0.15, -0.1) is 5.10 Å². The van der Waals surface area contributed by atoms with E-state index in [-0.39, 0.29) is 23.8 Å². The molecule has 6 nitrogen and oxygen atoms in total. The second kappa shape index (κ2) is 5.57. The molecule has 0 spiro atoms. The number of carbonyl (C=O) groups is 2. The molecule has 0 bridgehead atoms. The van der Waals surface area contributed by atoms with E-state index in [2.05, 4.69) is 14.9 Å². The molecule has 1 N–H and O–H groups in total. The Hall–Kier alpha value is -1.34. The molecule has 1 aliphatic carbocycles. The molecule has 1 saturated carbocycles. The van der Waals surface area contributed by atoms with E-state index in [9.17, 15) is 9.59 Å². The van der Waals surface area contributed by atoms with Crippen molar-refractivity contribution in [2.45, 2.75) is 38.6 Å². The van der Waals surface area contributed by atoms with Gasteiger partial charge in [0, 0.05) is 12.6 Å². The Balaban J connectivity index is 1.80. The van der Waals surface area contributed by atoms with Crippen molar-refractivity contribution >= 4 is 23.3 Å². The Morgan fingerprint density at radius 1 is 1.35 bits per heavy atom. The third-order valence-corrected chi connectivity index (χ3v) is 4.68. The van der Waals surface area contributed by atoms with E-state index in [1.807, 2.05) is 0 Å². The predicted octanol–water partition coefficient (Wildman–Crippen LogP) is 0.977. The molecule has 1 aromatic rings. The molecule has 2 amide bonds. The smallest absolute Gasteiger partial charge is 0.274 e. The predicted molar refractivity (Wildman–Crippen MR) is 74.4 cm³/mol. The maximum absolute atomic E-state index is 12.7. The standard InChI is InChI=1S/C13H18N4O2S/c1-8-11(20-16-15-8)13(19)17(10-4-5-10)12(18)9-3-2-6-14-7-9/h9-10,14H,2-7H2,1H3. The first-order valence-electron chi connectivity index (χ1n) is 7.05. The van der Waals surface area contributed by atoms with E-state index in [0.717, 1.165) is 43.8 Å². The van der Waals surface area contributed by atoms with E-state index in [1.165, 1.54) is 4.90 Å². The Labute approximate surface area is 121 Å². The van der Waals surface area contributed by atoms with Gasteiger partial charge in [0.05, 0.1) is 11.6 Å². The lowest BCUT2D eigenvalue weighted by molar-refractivity contribution is -0.133. The number of aryl methyl sites for hydroxylation is 1. The fourth-order valence-electron chi connectivity index (χ4n) is 2.58. The summed E-state index contributed by atoms with van der Waals surface area (Å²) >= 11 is 1.08. The van der Waals surface area contributed by atoms with Crippen LogP contribution in [0.15, 0.2) is 0 Å². The summed E-state index contributed by atoms with van der Waals surface area (Å²) in [4.78, 5) is 27.2. The minimum absolute atomic E-state index is 0.0301. The number of piperidine rings is 1. The van der Waals surface area contributed by atoms with Crippen LogP contribution in [0.1, 0.15) is 41.0 Å². The summed E-state index contributed by atoms with van der Waals surface area (Å²) in [5, 5.41) is 7.10. The number of nitrogens with one attached hydrogen (secondary N) is 1. The van der Waals surface area contributed by atoms with Gasteiger partial charge in [-0.05, 0) is 50.7 Å². The molecule has 1 aliphatic heterocycles. The molecule has 1 saturated heterocycles. The molecular formula is C13H18N4O2S. The average molecular weight is 294 g/mol. The summed E-state index contributed by atoms with van der Waals surface area (Å²) in [6, 6.07) is 0.0819. The van der Waals surface area contributed by atoms with Crippen molar-refractivity contribution in [2.75, 3.05) is 13.1 Å².